The highest BCUT2D eigenvalue weighted by Crippen LogP contribution is 2.18. The lowest BCUT2D eigenvalue weighted by molar-refractivity contribution is -0.139. The number of carbonyl (C=O) groups is 2. The topological polar surface area (TPSA) is 65.5 Å². The van der Waals surface area contributed by atoms with Crippen LogP contribution in [0.5, 0.6) is 0 Å². The summed E-state index contributed by atoms with van der Waals surface area (Å²) in [5, 5.41) is 3.41. The molecule has 0 saturated carbocycles. The van der Waals surface area contributed by atoms with E-state index in [9.17, 15) is 9.59 Å². The van der Waals surface area contributed by atoms with Gasteiger partial charge in [0.05, 0.1) is 12.2 Å². The Kier molecular flexibility index (Phi) is 12.6. The number of rotatable bonds is 10. The van der Waals surface area contributed by atoms with Crippen LogP contribution in [-0.4, -0.2) is 58.8 Å². The molecule has 6 nitrogen and oxygen atoms in total. The third-order valence-corrected chi connectivity index (χ3v) is 5.26. The van der Waals surface area contributed by atoms with Crippen molar-refractivity contribution >= 4 is 24.2 Å². The molecule has 1 N–H and O–H groups in total. The molecular formula is C22H37ClN4O2. The highest BCUT2D eigenvalue weighted by Gasteiger charge is 2.26. The van der Waals surface area contributed by atoms with Crippen LogP contribution in [0.3, 0.4) is 0 Å². The van der Waals surface area contributed by atoms with Gasteiger partial charge in [0.25, 0.3) is 0 Å². The Morgan fingerprint density at radius 1 is 1.07 bits per heavy atom. The zero-order chi connectivity index (χ0) is 20.2. The predicted molar refractivity (Wildman–Crippen MR) is 119 cm³/mol. The first kappa shape index (κ1) is 25.4. The van der Waals surface area contributed by atoms with Crippen LogP contribution in [0.2, 0.25) is 0 Å². The molecule has 2 heterocycles. The molecule has 0 spiro atoms. The second-order valence-corrected chi connectivity index (χ2v) is 7.56. The lowest BCUT2D eigenvalue weighted by Crippen LogP contribution is -2.41. The van der Waals surface area contributed by atoms with Gasteiger partial charge in [0, 0.05) is 38.2 Å². The molecule has 0 aromatic carbocycles. The molecular weight excluding hydrogens is 388 g/mol. The first-order valence-electron chi connectivity index (χ1n) is 10.8. The van der Waals surface area contributed by atoms with Gasteiger partial charge in [-0.2, -0.15) is 0 Å². The van der Waals surface area contributed by atoms with Crippen LogP contribution in [0, 0.1) is 0 Å². The molecule has 164 valence electrons. The molecule has 0 bridgehead atoms. The predicted octanol–water partition coefficient (Wildman–Crippen LogP) is 3.40. The molecule has 29 heavy (non-hydrogen) atoms. The Balaban J connectivity index is 0.00000420. The van der Waals surface area contributed by atoms with E-state index in [-0.39, 0.29) is 36.7 Å². The van der Waals surface area contributed by atoms with E-state index < -0.39 is 0 Å². The standard InChI is InChI=1S/C22H36N4O2.ClH/c1-3-16-25(17-4-2)21(27)10-11-22(28)26(18-19-8-5-6-14-24-19)20-9-7-13-23-15-12-20;/h5-6,8,14,20,23H,3-4,7,9-13,15-18H2,1-2H3;1H. The first-order valence-corrected chi connectivity index (χ1v) is 10.8. The van der Waals surface area contributed by atoms with E-state index >= 15 is 0 Å². The summed E-state index contributed by atoms with van der Waals surface area (Å²) < 4.78 is 0. The van der Waals surface area contributed by atoms with Crippen molar-refractivity contribution in [2.45, 2.75) is 71.4 Å². The molecule has 1 atom stereocenters. The van der Waals surface area contributed by atoms with E-state index in [0.717, 1.165) is 64.0 Å². The fourth-order valence-corrected chi connectivity index (χ4v) is 3.82. The van der Waals surface area contributed by atoms with Crippen molar-refractivity contribution in [1.29, 1.82) is 0 Å². The van der Waals surface area contributed by atoms with Gasteiger partial charge in [0.2, 0.25) is 11.8 Å². The number of halogens is 1. The van der Waals surface area contributed by atoms with Crippen molar-refractivity contribution in [1.82, 2.24) is 20.1 Å². The minimum Gasteiger partial charge on any atom is -0.343 e. The maximum atomic E-state index is 13.1. The van der Waals surface area contributed by atoms with E-state index in [1.807, 2.05) is 28.0 Å². The van der Waals surface area contributed by atoms with E-state index in [2.05, 4.69) is 24.1 Å². The molecule has 1 aliphatic rings. The summed E-state index contributed by atoms with van der Waals surface area (Å²) in [6.45, 7) is 8.15. The summed E-state index contributed by atoms with van der Waals surface area (Å²) >= 11 is 0. The van der Waals surface area contributed by atoms with Gasteiger partial charge in [-0.05, 0) is 57.3 Å². The molecule has 1 fully saturated rings. The van der Waals surface area contributed by atoms with Crippen molar-refractivity contribution in [3.05, 3.63) is 30.1 Å². The molecule has 0 radical (unpaired) electrons. The zero-order valence-electron chi connectivity index (χ0n) is 17.9. The average molecular weight is 425 g/mol. The quantitative estimate of drug-likeness (QED) is 0.625. The van der Waals surface area contributed by atoms with Crippen LogP contribution in [0.1, 0.15) is 64.5 Å². The summed E-state index contributed by atoms with van der Waals surface area (Å²) in [5.74, 6) is 0.163. The van der Waals surface area contributed by atoms with Crippen LogP contribution in [-0.2, 0) is 16.1 Å². The van der Waals surface area contributed by atoms with Crippen LogP contribution in [0.15, 0.2) is 24.4 Å². The molecule has 1 aromatic heterocycles. The minimum atomic E-state index is 0. The third-order valence-electron chi connectivity index (χ3n) is 5.26. The van der Waals surface area contributed by atoms with E-state index in [4.69, 9.17) is 0 Å². The van der Waals surface area contributed by atoms with Gasteiger partial charge in [-0.3, -0.25) is 14.6 Å². The van der Waals surface area contributed by atoms with Gasteiger partial charge in [0.15, 0.2) is 0 Å². The van der Waals surface area contributed by atoms with Crippen molar-refractivity contribution in [3.63, 3.8) is 0 Å². The largest absolute Gasteiger partial charge is 0.343 e. The summed E-state index contributed by atoms with van der Waals surface area (Å²) in [6.07, 6.45) is 7.24. The monoisotopic (exact) mass is 424 g/mol. The van der Waals surface area contributed by atoms with Gasteiger partial charge in [-0.25, -0.2) is 0 Å². The van der Waals surface area contributed by atoms with Crippen molar-refractivity contribution < 1.29 is 9.59 Å². The van der Waals surface area contributed by atoms with Gasteiger partial charge in [0.1, 0.15) is 0 Å². The smallest absolute Gasteiger partial charge is 0.223 e. The Labute approximate surface area is 181 Å². The highest BCUT2D eigenvalue weighted by molar-refractivity contribution is 5.85. The van der Waals surface area contributed by atoms with Gasteiger partial charge in [-0.1, -0.05) is 19.9 Å². The molecule has 1 aliphatic heterocycles. The fraction of sp³-hybridized carbons (Fsp3) is 0.682. The number of amides is 2. The zero-order valence-corrected chi connectivity index (χ0v) is 18.8. The Bertz CT molecular complexity index is 586. The third kappa shape index (κ3) is 8.70. The summed E-state index contributed by atoms with van der Waals surface area (Å²) in [4.78, 5) is 33.9. The molecule has 1 unspecified atom stereocenters. The fourth-order valence-electron chi connectivity index (χ4n) is 3.82. The Morgan fingerprint density at radius 2 is 1.79 bits per heavy atom. The molecule has 2 amide bonds. The maximum absolute atomic E-state index is 13.1. The second kappa shape index (κ2) is 14.3. The van der Waals surface area contributed by atoms with Crippen LogP contribution in [0.25, 0.3) is 0 Å². The lowest BCUT2D eigenvalue weighted by Gasteiger charge is -2.31. The van der Waals surface area contributed by atoms with Crippen LogP contribution < -0.4 is 5.32 Å². The number of hydrogen-bond acceptors (Lipinski definition) is 4. The summed E-state index contributed by atoms with van der Waals surface area (Å²) in [5.41, 5.74) is 0.901. The summed E-state index contributed by atoms with van der Waals surface area (Å²) in [6, 6.07) is 6.02. The van der Waals surface area contributed by atoms with Crippen molar-refractivity contribution in [3.8, 4) is 0 Å². The number of nitrogens with one attached hydrogen (secondary N) is 1. The number of pyridine rings is 1. The number of hydrogen-bond donors (Lipinski definition) is 1. The summed E-state index contributed by atoms with van der Waals surface area (Å²) in [7, 11) is 0. The van der Waals surface area contributed by atoms with E-state index in [1.165, 1.54) is 0 Å². The Hall–Kier alpha value is -1.66. The minimum absolute atomic E-state index is 0. The van der Waals surface area contributed by atoms with Gasteiger partial charge < -0.3 is 15.1 Å². The van der Waals surface area contributed by atoms with Crippen LogP contribution in [0.4, 0.5) is 0 Å². The molecule has 2 rings (SSSR count). The lowest BCUT2D eigenvalue weighted by atomic mass is 10.1. The molecule has 1 aromatic rings. The van der Waals surface area contributed by atoms with Gasteiger partial charge in [-0.15, -0.1) is 12.4 Å². The number of carbonyl (C=O) groups excluding carboxylic acids is 2. The maximum Gasteiger partial charge on any atom is 0.223 e. The van der Waals surface area contributed by atoms with E-state index in [1.54, 1.807) is 6.20 Å². The first-order chi connectivity index (χ1) is 13.7. The molecule has 7 heteroatoms. The second-order valence-electron chi connectivity index (χ2n) is 7.56. The molecule has 0 aliphatic carbocycles. The van der Waals surface area contributed by atoms with Crippen molar-refractivity contribution in [2.75, 3.05) is 26.2 Å². The Morgan fingerprint density at radius 3 is 2.45 bits per heavy atom. The highest BCUT2D eigenvalue weighted by atomic mass is 35.5. The van der Waals surface area contributed by atoms with Crippen molar-refractivity contribution in [2.24, 2.45) is 0 Å². The van der Waals surface area contributed by atoms with Gasteiger partial charge >= 0.3 is 0 Å². The van der Waals surface area contributed by atoms with Crippen LogP contribution >= 0.6 is 12.4 Å². The number of aromatic nitrogens is 1. The van der Waals surface area contributed by atoms with E-state index in [0.29, 0.717) is 13.0 Å². The average Bonchev–Trinajstić information content (AvgIpc) is 3.00. The molecule has 1 saturated heterocycles. The number of nitrogens with zero attached hydrogens (tertiary/aromatic N) is 3. The SMILES string of the molecule is CCCN(CCC)C(=O)CCC(=O)N(Cc1ccccn1)C1CCCNCC1.Cl. The normalized spacial score (nSPS) is 16.4.